The molecule has 0 unspecified atom stereocenters. The highest BCUT2D eigenvalue weighted by Crippen LogP contribution is 2.21. The summed E-state index contributed by atoms with van der Waals surface area (Å²) in [5.74, 6) is 0.921. The van der Waals surface area contributed by atoms with E-state index in [1.54, 1.807) is 34.3 Å². The van der Waals surface area contributed by atoms with E-state index in [4.69, 9.17) is 16.1 Å². The number of thiophene rings is 1. The fourth-order valence-corrected chi connectivity index (χ4v) is 3.33. The van der Waals surface area contributed by atoms with E-state index in [1.807, 2.05) is 35.8 Å². The van der Waals surface area contributed by atoms with Crippen LogP contribution in [-0.2, 0) is 17.8 Å². The van der Waals surface area contributed by atoms with Crippen LogP contribution in [0.4, 0.5) is 0 Å². The van der Waals surface area contributed by atoms with Gasteiger partial charge in [-0.15, -0.1) is 11.3 Å². The van der Waals surface area contributed by atoms with Crippen LogP contribution in [0.2, 0.25) is 5.02 Å². The Hall–Kier alpha value is -2.97. The standard InChI is InChI=1S/C19H16ClN5O2S/c20-14-3-5-15(6-4-14)25-12-13(11-22-25)10-21-17(26)7-8-18-23-19(24-27-18)16-2-1-9-28-16/h1-6,9,11-12H,7-8,10H2,(H,21,26). The molecular formula is C19H16ClN5O2S. The monoisotopic (exact) mass is 413 g/mol. The van der Waals surface area contributed by atoms with Crippen LogP contribution in [0.1, 0.15) is 17.9 Å². The van der Waals surface area contributed by atoms with E-state index in [0.29, 0.717) is 29.7 Å². The zero-order valence-electron chi connectivity index (χ0n) is 14.7. The van der Waals surface area contributed by atoms with Gasteiger partial charge in [-0.1, -0.05) is 22.8 Å². The van der Waals surface area contributed by atoms with E-state index in [2.05, 4.69) is 20.6 Å². The van der Waals surface area contributed by atoms with E-state index < -0.39 is 0 Å². The number of aryl methyl sites for hydroxylation is 1. The van der Waals surface area contributed by atoms with E-state index >= 15 is 0 Å². The Balaban J connectivity index is 1.26. The largest absolute Gasteiger partial charge is 0.352 e. The summed E-state index contributed by atoms with van der Waals surface area (Å²) in [5, 5.41) is 13.7. The first-order valence-corrected chi connectivity index (χ1v) is 9.86. The lowest BCUT2D eigenvalue weighted by Gasteiger charge is -2.02. The summed E-state index contributed by atoms with van der Waals surface area (Å²) >= 11 is 7.44. The number of amides is 1. The Morgan fingerprint density at radius 3 is 2.89 bits per heavy atom. The van der Waals surface area contributed by atoms with E-state index in [9.17, 15) is 4.79 Å². The molecule has 4 aromatic rings. The summed E-state index contributed by atoms with van der Waals surface area (Å²) in [6, 6.07) is 11.2. The molecule has 1 aromatic carbocycles. The van der Waals surface area contributed by atoms with Gasteiger partial charge in [0.15, 0.2) is 0 Å². The topological polar surface area (TPSA) is 85.8 Å². The number of hydrogen-bond acceptors (Lipinski definition) is 6. The molecule has 3 aromatic heterocycles. The summed E-state index contributed by atoms with van der Waals surface area (Å²) in [7, 11) is 0. The molecule has 0 aliphatic rings. The van der Waals surface area contributed by atoms with Crippen molar-refractivity contribution in [2.75, 3.05) is 0 Å². The van der Waals surface area contributed by atoms with Crippen molar-refractivity contribution in [2.24, 2.45) is 0 Å². The fraction of sp³-hybridized carbons (Fsp3) is 0.158. The first-order valence-electron chi connectivity index (χ1n) is 8.60. The highest BCUT2D eigenvalue weighted by molar-refractivity contribution is 7.13. The van der Waals surface area contributed by atoms with Crippen molar-refractivity contribution in [3.63, 3.8) is 0 Å². The van der Waals surface area contributed by atoms with Crippen LogP contribution in [0, 0.1) is 0 Å². The molecule has 1 amide bonds. The average Bonchev–Trinajstić information content (AvgIpc) is 3.46. The Morgan fingerprint density at radius 2 is 2.11 bits per heavy atom. The van der Waals surface area contributed by atoms with Gasteiger partial charge >= 0.3 is 0 Å². The van der Waals surface area contributed by atoms with Gasteiger partial charge in [0.1, 0.15) is 0 Å². The second kappa shape index (κ2) is 8.37. The van der Waals surface area contributed by atoms with Gasteiger partial charge in [0.25, 0.3) is 0 Å². The van der Waals surface area contributed by atoms with Crippen molar-refractivity contribution in [3.8, 4) is 16.4 Å². The molecular weight excluding hydrogens is 398 g/mol. The molecule has 142 valence electrons. The van der Waals surface area contributed by atoms with Crippen molar-refractivity contribution >= 4 is 28.8 Å². The van der Waals surface area contributed by atoms with Crippen molar-refractivity contribution in [1.29, 1.82) is 0 Å². The molecule has 0 atom stereocenters. The molecule has 0 spiro atoms. The number of carbonyl (C=O) groups is 1. The van der Waals surface area contributed by atoms with Crippen LogP contribution in [0.15, 0.2) is 58.7 Å². The van der Waals surface area contributed by atoms with Gasteiger partial charge in [-0.25, -0.2) is 4.68 Å². The molecule has 3 heterocycles. The zero-order chi connectivity index (χ0) is 19.3. The molecule has 0 saturated carbocycles. The molecule has 1 N–H and O–H groups in total. The van der Waals surface area contributed by atoms with Crippen LogP contribution >= 0.6 is 22.9 Å². The maximum absolute atomic E-state index is 12.1. The van der Waals surface area contributed by atoms with Gasteiger partial charge in [-0.3, -0.25) is 4.79 Å². The molecule has 0 bridgehead atoms. The van der Waals surface area contributed by atoms with Crippen LogP contribution in [-0.4, -0.2) is 25.8 Å². The molecule has 0 saturated heterocycles. The summed E-state index contributed by atoms with van der Waals surface area (Å²) in [4.78, 5) is 17.4. The smallest absolute Gasteiger partial charge is 0.227 e. The van der Waals surface area contributed by atoms with Crippen molar-refractivity contribution in [2.45, 2.75) is 19.4 Å². The van der Waals surface area contributed by atoms with E-state index in [1.165, 1.54) is 0 Å². The molecule has 7 nitrogen and oxygen atoms in total. The number of benzene rings is 1. The maximum Gasteiger partial charge on any atom is 0.227 e. The Bertz CT molecular complexity index is 1060. The molecule has 9 heteroatoms. The average molecular weight is 414 g/mol. The lowest BCUT2D eigenvalue weighted by molar-refractivity contribution is -0.121. The van der Waals surface area contributed by atoms with Crippen LogP contribution in [0.5, 0.6) is 0 Å². The highest BCUT2D eigenvalue weighted by Gasteiger charge is 2.11. The fourth-order valence-electron chi connectivity index (χ4n) is 2.56. The second-order valence-electron chi connectivity index (χ2n) is 6.04. The first-order chi connectivity index (χ1) is 13.7. The summed E-state index contributed by atoms with van der Waals surface area (Å²) < 4.78 is 6.94. The van der Waals surface area contributed by atoms with Gasteiger partial charge in [0.2, 0.25) is 17.6 Å². The molecule has 0 aliphatic heterocycles. The first kappa shape index (κ1) is 18.4. The molecule has 28 heavy (non-hydrogen) atoms. The predicted molar refractivity (Wildman–Crippen MR) is 106 cm³/mol. The van der Waals surface area contributed by atoms with Crippen molar-refractivity contribution in [1.82, 2.24) is 25.2 Å². The number of aromatic nitrogens is 4. The summed E-state index contributed by atoms with van der Waals surface area (Å²) in [6.07, 6.45) is 4.26. The lowest BCUT2D eigenvalue weighted by Crippen LogP contribution is -2.22. The quantitative estimate of drug-likeness (QED) is 0.496. The van der Waals surface area contributed by atoms with Crippen LogP contribution in [0.25, 0.3) is 16.4 Å². The minimum absolute atomic E-state index is 0.0879. The Morgan fingerprint density at radius 1 is 1.25 bits per heavy atom. The Kier molecular flexibility index (Phi) is 5.50. The molecule has 0 aliphatic carbocycles. The maximum atomic E-state index is 12.1. The van der Waals surface area contributed by atoms with Crippen molar-refractivity contribution < 1.29 is 9.32 Å². The number of halogens is 1. The second-order valence-corrected chi connectivity index (χ2v) is 7.42. The number of hydrogen-bond donors (Lipinski definition) is 1. The van der Waals surface area contributed by atoms with E-state index in [-0.39, 0.29) is 12.3 Å². The zero-order valence-corrected chi connectivity index (χ0v) is 16.3. The molecule has 4 rings (SSSR count). The van der Waals surface area contributed by atoms with Gasteiger partial charge in [0, 0.05) is 36.2 Å². The summed E-state index contributed by atoms with van der Waals surface area (Å²) in [5.41, 5.74) is 1.81. The van der Waals surface area contributed by atoms with Crippen LogP contribution < -0.4 is 5.32 Å². The SMILES string of the molecule is O=C(CCc1nc(-c2cccs2)no1)NCc1cnn(-c2ccc(Cl)cc2)c1. The number of nitrogens with zero attached hydrogens (tertiary/aromatic N) is 4. The third-order valence-corrected chi connectivity index (χ3v) is 5.11. The molecule has 0 fully saturated rings. The van der Waals surface area contributed by atoms with Gasteiger partial charge in [-0.2, -0.15) is 10.1 Å². The van der Waals surface area contributed by atoms with Crippen LogP contribution in [0.3, 0.4) is 0 Å². The summed E-state index contributed by atoms with van der Waals surface area (Å²) in [6.45, 7) is 0.400. The lowest BCUT2D eigenvalue weighted by atomic mass is 10.3. The van der Waals surface area contributed by atoms with Gasteiger partial charge < -0.3 is 9.84 Å². The minimum Gasteiger partial charge on any atom is -0.352 e. The number of nitrogens with one attached hydrogen (secondary N) is 1. The minimum atomic E-state index is -0.0879. The van der Waals surface area contributed by atoms with Gasteiger partial charge in [0.05, 0.1) is 16.8 Å². The Labute approximate surface area is 170 Å². The third kappa shape index (κ3) is 4.47. The predicted octanol–water partition coefficient (Wildman–Crippen LogP) is 3.89. The van der Waals surface area contributed by atoms with Gasteiger partial charge in [-0.05, 0) is 35.7 Å². The van der Waals surface area contributed by atoms with Crippen molar-refractivity contribution in [3.05, 3.63) is 70.6 Å². The van der Waals surface area contributed by atoms with E-state index in [0.717, 1.165) is 16.1 Å². The number of carbonyl (C=O) groups excluding carboxylic acids is 1. The number of rotatable bonds is 7. The molecule has 0 radical (unpaired) electrons. The highest BCUT2D eigenvalue weighted by atomic mass is 35.5. The normalized spacial score (nSPS) is 10.9. The third-order valence-electron chi connectivity index (χ3n) is 3.99.